The van der Waals surface area contributed by atoms with Gasteiger partial charge in [-0.2, -0.15) is 0 Å². The summed E-state index contributed by atoms with van der Waals surface area (Å²) in [7, 11) is 0. The van der Waals surface area contributed by atoms with Crippen LogP contribution in [0.25, 0.3) is 0 Å². The van der Waals surface area contributed by atoms with Gasteiger partial charge in [0.2, 0.25) is 0 Å². The minimum absolute atomic E-state index is 0.553. The van der Waals surface area contributed by atoms with Crippen LogP contribution >= 0.6 is 0 Å². The Kier molecular flexibility index (Phi) is 2.85. The molecule has 3 unspecified atom stereocenters. The Hall–Kier alpha value is 0. The van der Waals surface area contributed by atoms with Gasteiger partial charge >= 0.3 is 0 Å². The third kappa shape index (κ3) is 1.53. The fourth-order valence-electron chi connectivity index (χ4n) is 2.76. The molecule has 0 aromatic heterocycles. The molecule has 0 N–H and O–H groups in total. The molecule has 1 fully saturated rings. The highest BCUT2D eigenvalue weighted by Crippen LogP contribution is 2.50. The first-order chi connectivity index (χ1) is 5.50. The van der Waals surface area contributed by atoms with Gasteiger partial charge in [-0.25, -0.2) is 0 Å². The lowest BCUT2D eigenvalue weighted by Crippen LogP contribution is -2.27. The summed E-state index contributed by atoms with van der Waals surface area (Å²) in [6.45, 7) is 13.6. The fraction of sp³-hybridized carbons (Fsp3) is 0.917. The summed E-state index contributed by atoms with van der Waals surface area (Å²) in [5.74, 6) is 2.62. The van der Waals surface area contributed by atoms with Crippen LogP contribution in [0.3, 0.4) is 0 Å². The second-order valence-corrected chi connectivity index (χ2v) is 5.17. The van der Waals surface area contributed by atoms with Crippen LogP contribution in [0, 0.1) is 30.1 Å². The van der Waals surface area contributed by atoms with E-state index >= 15 is 0 Å². The van der Waals surface area contributed by atoms with Gasteiger partial charge in [0, 0.05) is 0 Å². The van der Waals surface area contributed by atoms with Crippen LogP contribution in [0.15, 0.2) is 0 Å². The van der Waals surface area contributed by atoms with Crippen LogP contribution in [0.1, 0.15) is 47.0 Å². The largest absolute Gasteiger partial charge is 0.0622 e. The molecule has 1 rings (SSSR count). The van der Waals surface area contributed by atoms with Crippen LogP contribution < -0.4 is 0 Å². The highest BCUT2D eigenvalue weighted by atomic mass is 14.5. The molecule has 0 aromatic rings. The van der Waals surface area contributed by atoms with Crippen molar-refractivity contribution < 1.29 is 0 Å². The SMILES string of the molecule is [CH2]CC(C)C1CCC(C)C1(C)C. The molecule has 0 nitrogen and oxygen atoms in total. The second kappa shape index (κ2) is 3.40. The minimum atomic E-state index is 0.553. The first-order valence-corrected chi connectivity index (χ1v) is 5.29. The molecule has 0 saturated heterocycles. The quantitative estimate of drug-likeness (QED) is 0.585. The molecule has 1 radical (unpaired) electrons. The molecule has 1 saturated carbocycles. The van der Waals surface area contributed by atoms with E-state index in [1.165, 1.54) is 12.8 Å². The molecule has 71 valence electrons. The summed E-state index contributed by atoms with van der Waals surface area (Å²) in [6.07, 6.45) is 3.94. The van der Waals surface area contributed by atoms with Crippen LogP contribution in [-0.4, -0.2) is 0 Å². The third-order valence-corrected chi connectivity index (χ3v) is 4.28. The van der Waals surface area contributed by atoms with Crippen molar-refractivity contribution in [3.05, 3.63) is 6.92 Å². The van der Waals surface area contributed by atoms with Crippen molar-refractivity contribution in [2.75, 3.05) is 0 Å². The maximum Gasteiger partial charge on any atom is -0.0298 e. The first-order valence-electron chi connectivity index (χ1n) is 5.29. The summed E-state index contributed by atoms with van der Waals surface area (Å²) in [6, 6.07) is 0. The minimum Gasteiger partial charge on any atom is -0.0622 e. The van der Waals surface area contributed by atoms with Crippen molar-refractivity contribution in [1.82, 2.24) is 0 Å². The Morgan fingerprint density at radius 3 is 2.33 bits per heavy atom. The monoisotopic (exact) mass is 167 g/mol. The molecule has 0 aliphatic heterocycles. The molecule has 0 heterocycles. The van der Waals surface area contributed by atoms with E-state index in [1.54, 1.807) is 0 Å². The molecule has 1 aliphatic rings. The topological polar surface area (TPSA) is 0 Å². The molecule has 0 spiro atoms. The molecule has 0 heteroatoms. The van der Waals surface area contributed by atoms with Crippen molar-refractivity contribution in [2.24, 2.45) is 23.2 Å². The van der Waals surface area contributed by atoms with Gasteiger partial charge in [0.25, 0.3) is 0 Å². The van der Waals surface area contributed by atoms with E-state index in [-0.39, 0.29) is 0 Å². The van der Waals surface area contributed by atoms with Crippen molar-refractivity contribution in [1.29, 1.82) is 0 Å². The van der Waals surface area contributed by atoms with Crippen LogP contribution in [0.2, 0.25) is 0 Å². The van der Waals surface area contributed by atoms with Crippen molar-refractivity contribution >= 4 is 0 Å². The lowest BCUT2D eigenvalue weighted by Gasteiger charge is -2.35. The third-order valence-electron chi connectivity index (χ3n) is 4.28. The van der Waals surface area contributed by atoms with Crippen molar-refractivity contribution in [2.45, 2.75) is 47.0 Å². The van der Waals surface area contributed by atoms with Gasteiger partial charge < -0.3 is 0 Å². The highest BCUT2D eigenvalue weighted by Gasteiger charge is 2.42. The van der Waals surface area contributed by atoms with Gasteiger partial charge in [-0.05, 0) is 36.0 Å². The van der Waals surface area contributed by atoms with E-state index in [0.29, 0.717) is 5.41 Å². The summed E-state index contributed by atoms with van der Waals surface area (Å²) in [4.78, 5) is 0. The fourth-order valence-corrected chi connectivity index (χ4v) is 2.76. The molecule has 0 amide bonds. The van der Waals surface area contributed by atoms with Gasteiger partial charge in [0.1, 0.15) is 0 Å². The smallest absolute Gasteiger partial charge is 0.0298 e. The predicted octanol–water partition coefficient (Wildman–Crippen LogP) is 3.92. The molecular weight excluding hydrogens is 144 g/mol. The zero-order valence-electron chi connectivity index (χ0n) is 9.06. The Morgan fingerprint density at radius 1 is 1.42 bits per heavy atom. The zero-order chi connectivity index (χ0) is 9.35. The molecule has 1 aliphatic carbocycles. The number of rotatable bonds is 2. The predicted molar refractivity (Wildman–Crippen MR) is 54.8 cm³/mol. The van der Waals surface area contributed by atoms with E-state index in [4.69, 9.17) is 0 Å². The van der Waals surface area contributed by atoms with Crippen LogP contribution in [0.4, 0.5) is 0 Å². The van der Waals surface area contributed by atoms with Crippen molar-refractivity contribution in [3.8, 4) is 0 Å². The lowest BCUT2D eigenvalue weighted by molar-refractivity contribution is 0.147. The summed E-state index contributed by atoms with van der Waals surface area (Å²) < 4.78 is 0. The summed E-state index contributed by atoms with van der Waals surface area (Å²) in [5.41, 5.74) is 0.553. The Morgan fingerprint density at radius 2 is 2.00 bits per heavy atom. The Labute approximate surface area is 77.7 Å². The molecule has 3 atom stereocenters. The summed E-state index contributed by atoms with van der Waals surface area (Å²) in [5, 5.41) is 0. The van der Waals surface area contributed by atoms with Gasteiger partial charge in [0.05, 0.1) is 0 Å². The molecule has 12 heavy (non-hydrogen) atoms. The van der Waals surface area contributed by atoms with E-state index in [0.717, 1.165) is 24.2 Å². The molecule has 0 bridgehead atoms. The van der Waals surface area contributed by atoms with E-state index in [1.807, 2.05) is 0 Å². The first kappa shape index (κ1) is 10.1. The van der Waals surface area contributed by atoms with Gasteiger partial charge in [-0.15, -0.1) is 0 Å². The van der Waals surface area contributed by atoms with E-state index in [2.05, 4.69) is 34.6 Å². The van der Waals surface area contributed by atoms with Crippen molar-refractivity contribution in [3.63, 3.8) is 0 Å². The molecule has 0 aromatic carbocycles. The molecular formula is C12H23. The van der Waals surface area contributed by atoms with Crippen LogP contribution in [-0.2, 0) is 0 Å². The van der Waals surface area contributed by atoms with E-state index < -0.39 is 0 Å². The highest BCUT2D eigenvalue weighted by molar-refractivity contribution is 4.92. The zero-order valence-corrected chi connectivity index (χ0v) is 9.06. The number of hydrogen-bond donors (Lipinski definition) is 0. The Balaban J connectivity index is 2.67. The second-order valence-electron chi connectivity index (χ2n) is 5.17. The average molecular weight is 167 g/mol. The lowest BCUT2D eigenvalue weighted by atomic mass is 9.71. The van der Waals surface area contributed by atoms with Gasteiger partial charge in [-0.3, -0.25) is 0 Å². The Bertz CT molecular complexity index is 146. The maximum absolute atomic E-state index is 4.02. The summed E-state index contributed by atoms with van der Waals surface area (Å²) >= 11 is 0. The number of hydrogen-bond acceptors (Lipinski definition) is 0. The normalized spacial score (nSPS) is 36.8. The van der Waals surface area contributed by atoms with Gasteiger partial charge in [-0.1, -0.05) is 41.0 Å². The standard InChI is InChI=1S/C12H23/c1-6-9(2)11-8-7-10(3)12(11,4)5/h9-11H,1,6-8H2,2-5H3. The average Bonchev–Trinajstić information content (AvgIpc) is 2.27. The maximum atomic E-state index is 4.02. The van der Waals surface area contributed by atoms with Crippen LogP contribution in [0.5, 0.6) is 0 Å². The van der Waals surface area contributed by atoms with E-state index in [9.17, 15) is 0 Å². The van der Waals surface area contributed by atoms with Gasteiger partial charge in [0.15, 0.2) is 0 Å².